The fraction of sp³-hybridized carbons (Fsp3) is 0. The molecule has 0 unspecified atom stereocenters. The van der Waals surface area contributed by atoms with Gasteiger partial charge in [-0.05, 0) is 12.1 Å². The fourth-order valence-corrected chi connectivity index (χ4v) is 1.98. The lowest BCUT2D eigenvalue weighted by molar-refractivity contribution is 1.40. The van der Waals surface area contributed by atoms with E-state index in [9.17, 15) is 10.5 Å². The minimum absolute atomic E-state index is 0.210. The van der Waals surface area contributed by atoms with Crippen LogP contribution in [0.2, 0.25) is 0 Å². The van der Waals surface area contributed by atoms with Crippen molar-refractivity contribution in [3.05, 3.63) is 58.7 Å². The van der Waals surface area contributed by atoms with Crippen molar-refractivity contribution in [1.82, 2.24) is 0 Å². The van der Waals surface area contributed by atoms with Crippen molar-refractivity contribution in [2.45, 2.75) is 0 Å². The second kappa shape index (κ2) is 5.36. The van der Waals surface area contributed by atoms with Gasteiger partial charge in [0.05, 0.1) is 22.3 Å². The van der Waals surface area contributed by atoms with Crippen LogP contribution in [-0.2, 0) is 0 Å². The zero-order chi connectivity index (χ0) is 14.5. The molecule has 0 saturated carbocycles. The summed E-state index contributed by atoms with van der Waals surface area (Å²) in [4.78, 5) is 0. The highest BCUT2D eigenvalue weighted by Gasteiger charge is 2.15. The third-order valence-electron chi connectivity index (χ3n) is 2.88. The first-order valence-electron chi connectivity index (χ1n) is 5.63. The van der Waals surface area contributed by atoms with Gasteiger partial charge in [-0.3, -0.25) is 0 Å². The molecule has 4 heteroatoms. The first-order chi connectivity index (χ1) is 9.76. The van der Waals surface area contributed by atoms with E-state index in [2.05, 4.69) is 0 Å². The van der Waals surface area contributed by atoms with Crippen LogP contribution in [0.4, 0.5) is 0 Å². The zero-order valence-corrected chi connectivity index (χ0v) is 10.3. The van der Waals surface area contributed by atoms with Gasteiger partial charge in [0.1, 0.15) is 24.3 Å². The topological polar surface area (TPSA) is 95.2 Å². The molecule has 0 aliphatic carbocycles. The molecule has 2 aromatic carbocycles. The third-order valence-corrected chi connectivity index (χ3v) is 2.88. The average molecular weight is 254 g/mol. The van der Waals surface area contributed by atoms with E-state index in [-0.39, 0.29) is 22.3 Å². The molecule has 20 heavy (non-hydrogen) atoms. The van der Waals surface area contributed by atoms with Crippen molar-refractivity contribution in [2.75, 3.05) is 0 Å². The van der Waals surface area contributed by atoms with Crippen LogP contribution in [0, 0.1) is 45.3 Å². The molecule has 2 aromatic rings. The van der Waals surface area contributed by atoms with Gasteiger partial charge in [0.15, 0.2) is 0 Å². The van der Waals surface area contributed by atoms with Crippen LogP contribution in [0.1, 0.15) is 22.3 Å². The Hall–Kier alpha value is -3.60. The first kappa shape index (κ1) is 12.8. The van der Waals surface area contributed by atoms with E-state index in [4.69, 9.17) is 10.5 Å². The Balaban J connectivity index is 2.86. The summed E-state index contributed by atoms with van der Waals surface area (Å²) < 4.78 is 0. The summed E-state index contributed by atoms with van der Waals surface area (Å²) in [5, 5.41) is 36.5. The second-order valence-corrected chi connectivity index (χ2v) is 3.90. The molecule has 2 rings (SSSR count). The van der Waals surface area contributed by atoms with Gasteiger partial charge in [0, 0.05) is 11.1 Å². The fourth-order valence-electron chi connectivity index (χ4n) is 1.98. The monoisotopic (exact) mass is 254 g/mol. The van der Waals surface area contributed by atoms with Gasteiger partial charge < -0.3 is 0 Å². The molecule has 0 heterocycles. The SMILES string of the molecule is N#Cc1cccc(-c2cccc(C#N)c2C#N)c1C#N. The van der Waals surface area contributed by atoms with Crippen LogP contribution in [-0.4, -0.2) is 0 Å². The molecule has 0 spiro atoms. The average Bonchev–Trinajstić information content (AvgIpc) is 2.52. The normalized spacial score (nSPS) is 8.80. The van der Waals surface area contributed by atoms with Gasteiger partial charge >= 0.3 is 0 Å². The highest BCUT2D eigenvalue weighted by Crippen LogP contribution is 2.29. The van der Waals surface area contributed by atoms with E-state index in [0.29, 0.717) is 11.1 Å². The Morgan fingerprint density at radius 3 is 1.25 bits per heavy atom. The van der Waals surface area contributed by atoms with Gasteiger partial charge in [-0.25, -0.2) is 0 Å². The van der Waals surface area contributed by atoms with E-state index in [0.717, 1.165) is 0 Å². The standard InChI is InChI=1S/C16H6N4/c17-7-11-3-1-5-13(15(11)9-19)14-6-2-4-12(8-18)16(14)10-20/h1-6H. The summed E-state index contributed by atoms with van der Waals surface area (Å²) in [5.41, 5.74) is 1.89. The summed E-state index contributed by atoms with van der Waals surface area (Å²) in [7, 11) is 0. The Bertz CT molecular complexity index is 779. The van der Waals surface area contributed by atoms with Crippen LogP contribution < -0.4 is 0 Å². The molecule has 4 nitrogen and oxygen atoms in total. The Morgan fingerprint density at radius 2 is 0.950 bits per heavy atom. The van der Waals surface area contributed by atoms with E-state index >= 15 is 0 Å². The molecule has 90 valence electrons. The molecule has 0 aromatic heterocycles. The maximum absolute atomic E-state index is 9.23. The van der Waals surface area contributed by atoms with Crippen LogP contribution in [0.15, 0.2) is 36.4 Å². The number of hydrogen-bond acceptors (Lipinski definition) is 4. The van der Waals surface area contributed by atoms with Crippen LogP contribution in [0.3, 0.4) is 0 Å². The number of rotatable bonds is 1. The molecule has 0 saturated heterocycles. The highest BCUT2D eigenvalue weighted by molar-refractivity contribution is 5.79. The van der Waals surface area contributed by atoms with Crippen LogP contribution in [0.5, 0.6) is 0 Å². The minimum atomic E-state index is 0.210. The van der Waals surface area contributed by atoms with Crippen molar-refractivity contribution in [3.8, 4) is 35.4 Å². The Morgan fingerprint density at radius 1 is 0.550 bits per heavy atom. The van der Waals surface area contributed by atoms with E-state index in [1.54, 1.807) is 36.4 Å². The molecule has 0 amide bonds. The van der Waals surface area contributed by atoms with Crippen molar-refractivity contribution in [3.63, 3.8) is 0 Å². The van der Waals surface area contributed by atoms with Crippen molar-refractivity contribution in [1.29, 1.82) is 21.0 Å². The smallest absolute Gasteiger partial charge is 0.101 e. The van der Waals surface area contributed by atoms with Crippen molar-refractivity contribution in [2.24, 2.45) is 0 Å². The lowest BCUT2D eigenvalue weighted by Gasteiger charge is -2.08. The van der Waals surface area contributed by atoms with Gasteiger partial charge in [0.25, 0.3) is 0 Å². The summed E-state index contributed by atoms with van der Waals surface area (Å²) in [5.74, 6) is 0. The van der Waals surface area contributed by atoms with Crippen molar-refractivity contribution >= 4 is 0 Å². The second-order valence-electron chi connectivity index (χ2n) is 3.90. The lowest BCUT2D eigenvalue weighted by atomic mass is 9.91. The molecule has 0 N–H and O–H groups in total. The molecule has 0 bridgehead atoms. The number of nitrogens with zero attached hydrogens (tertiary/aromatic N) is 4. The number of benzene rings is 2. The van der Waals surface area contributed by atoms with Gasteiger partial charge in [0.2, 0.25) is 0 Å². The summed E-state index contributed by atoms with van der Waals surface area (Å²) in [6, 6.07) is 17.6. The first-order valence-corrected chi connectivity index (χ1v) is 5.63. The maximum Gasteiger partial charge on any atom is 0.101 e. The van der Waals surface area contributed by atoms with Crippen LogP contribution >= 0.6 is 0 Å². The van der Waals surface area contributed by atoms with Crippen molar-refractivity contribution < 1.29 is 0 Å². The quantitative estimate of drug-likeness (QED) is 0.781. The predicted octanol–water partition coefficient (Wildman–Crippen LogP) is 2.84. The highest BCUT2D eigenvalue weighted by atomic mass is 14.3. The molecule has 0 aliphatic rings. The molecule has 0 aliphatic heterocycles. The number of nitriles is 4. The van der Waals surface area contributed by atoms with Gasteiger partial charge in [-0.15, -0.1) is 0 Å². The molecule has 0 radical (unpaired) electrons. The predicted molar refractivity (Wildman–Crippen MR) is 70.7 cm³/mol. The van der Waals surface area contributed by atoms with E-state index in [1.165, 1.54) is 0 Å². The Kier molecular flexibility index (Phi) is 3.45. The Labute approximate surface area is 116 Å². The van der Waals surface area contributed by atoms with Gasteiger partial charge in [-0.1, -0.05) is 24.3 Å². The molecular formula is C16H6N4. The summed E-state index contributed by atoms with van der Waals surface area (Å²) in [6.07, 6.45) is 0. The minimum Gasteiger partial charge on any atom is -0.192 e. The zero-order valence-electron chi connectivity index (χ0n) is 10.3. The van der Waals surface area contributed by atoms with Gasteiger partial charge in [-0.2, -0.15) is 21.0 Å². The molecule has 0 fully saturated rings. The number of hydrogen-bond donors (Lipinski definition) is 0. The lowest BCUT2D eigenvalue weighted by Crippen LogP contribution is -1.94. The van der Waals surface area contributed by atoms with E-state index in [1.807, 2.05) is 24.3 Å². The molecular weight excluding hydrogens is 248 g/mol. The van der Waals surface area contributed by atoms with Crippen LogP contribution in [0.25, 0.3) is 11.1 Å². The summed E-state index contributed by atoms with van der Waals surface area (Å²) >= 11 is 0. The van der Waals surface area contributed by atoms with E-state index < -0.39 is 0 Å². The maximum atomic E-state index is 9.23. The summed E-state index contributed by atoms with van der Waals surface area (Å²) in [6.45, 7) is 0. The largest absolute Gasteiger partial charge is 0.192 e. The molecule has 0 atom stereocenters. The third kappa shape index (κ3) is 1.95.